The molecule has 0 bridgehead atoms. The second-order valence-corrected chi connectivity index (χ2v) is 6.83. The van der Waals surface area contributed by atoms with Crippen LogP contribution in [0.3, 0.4) is 0 Å². The van der Waals surface area contributed by atoms with Crippen LogP contribution in [-0.2, 0) is 17.5 Å². The minimum atomic E-state index is -4.36. The van der Waals surface area contributed by atoms with Crippen LogP contribution < -0.4 is 16.0 Å². The molecule has 1 aromatic rings. The summed E-state index contributed by atoms with van der Waals surface area (Å²) in [6, 6.07) is 5.12. The molecule has 0 aromatic heterocycles. The van der Waals surface area contributed by atoms with Crippen molar-refractivity contribution in [1.82, 2.24) is 16.0 Å². The van der Waals surface area contributed by atoms with Crippen molar-refractivity contribution in [3.05, 3.63) is 35.4 Å². The fourth-order valence-corrected chi connectivity index (χ4v) is 2.06. The van der Waals surface area contributed by atoms with Crippen LogP contribution in [0.15, 0.2) is 29.3 Å². The first-order valence-electron chi connectivity index (χ1n) is 8.59. The van der Waals surface area contributed by atoms with Gasteiger partial charge in [0, 0.05) is 26.7 Å². The predicted molar refractivity (Wildman–Crippen MR) is 98.5 cm³/mol. The Morgan fingerprint density at radius 1 is 1.11 bits per heavy atom. The van der Waals surface area contributed by atoms with E-state index in [-0.39, 0.29) is 6.54 Å². The number of carbonyl (C=O) groups excluding carboxylic acids is 1. The van der Waals surface area contributed by atoms with Gasteiger partial charge >= 0.3 is 12.3 Å². The van der Waals surface area contributed by atoms with Gasteiger partial charge in [-0.1, -0.05) is 12.1 Å². The first-order valence-corrected chi connectivity index (χ1v) is 8.59. The van der Waals surface area contributed by atoms with Crippen LogP contribution in [0.5, 0.6) is 0 Å². The summed E-state index contributed by atoms with van der Waals surface area (Å²) in [4.78, 5) is 15.5. The molecular weight excluding hydrogens is 361 g/mol. The van der Waals surface area contributed by atoms with Gasteiger partial charge in [-0.25, -0.2) is 4.79 Å². The fourth-order valence-electron chi connectivity index (χ4n) is 2.06. The zero-order valence-corrected chi connectivity index (χ0v) is 16.0. The molecule has 0 heterocycles. The first-order chi connectivity index (χ1) is 12.5. The summed E-state index contributed by atoms with van der Waals surface area (Å²) in [6.45, 7) is 6.51. The molecule has 3 N–H and O–H groups in total. The molecule has 0 fully saturated rings. The number of ether oxygens (including phenoxy) is 1. The van der Waals surface area contributed by atoms with Crippen LogP contribution in [-0.4, -0.2) is 37.8 Å². The number of hydrogen-bond donors (Lipinski definition) is 3. The van der Waals surface area contributed by atoms with Crippen LogP contribution in [0.4, 0.5) is 18.0 Å². The molecule has 0 aliphatic carbocycles. The number of halogens is 3. The molecule has 152 valence electrons. The van der Waals surface area contributed by atoms with Crippen LogP contribution in [0, 0.1) is 0 Å². The lowest BCUT2D eigenvalue weighted by atomic mass is 10.1. The average molecular weight is 388 g/mol. The molecule has 0 atom stereocenters. The molecule has 27 heavy (non-hydrogen) atoms. The van der Waals surface area contributed by atoms with Crippen molar-refractivity contribution in [3.63, 3.8) is 0 Å². The quantitative estimate of drug-likeness (QED) is 0.397. The standard InChI is InChI=1S/C18H27F3N4O2/c1-17(2,3)27-16(26)24-10-6-9-23-15(22-4)25-12-13-7-5-8-14(11-13)18(19,20)21/h5,7-8,11H,6,9-10,12H2,1-4H3,(H,24,26)(H2,22,23,25). The van der Waals surface area contributed by atoms with E-state index in [0.29, 0.717) is 31.0 Å². The Morgan fingerprint density at radius 2 is 1.78 bits per heavy atom. The monoisotopic (exact) mass is 388 g/mol. The molecule has 0 spiro atoms. The van der Waals surface area contributed by atoms with E-state index in [1.165, 1.54) is 6.07 Å². The number of guanidine groups is 1. The highest BCUT2D eigenvalue weighted by Gasteiger charge is 2.30. The molecule has 0 radical (unpaired) electrons. The minimum Gasteiger partial charge on any atom is -0.444 e. The van der Waals surface area contributed by atoms with E-state index in [2.05, 4.69) is 20.9 Å². The number of alkyl carbamates (subject to hydrolysis) is 1. The predicted octanol–water partition coefficient (Wildman–Crippen LogP) is 3.29. The number of rotatable bonds is 6. The lowest BCUT2D eigenvalue weighted by molar-refractivity contribution is -0.137. The minimum absolute atomic E-state index is 0.208. The molecule has 0 aliphatic rings. The summed E-state index contributed by atoms with van der Waals surface area (Å²) in [6.07, 6.45) is -4.21. The van der Waals surface area contributed by atoms with Crippen molar-refractivity contribution < 1.29 is 22.7 Å². The van der Waals surface area contributed by atoms with Gasteiger partial charge in [0.25, 0.3) is 0 Å². The lowest BCUT2D eigenvalue weighted by Gasteiger charge is -2.19. The summed E-state index contributed by atoms with van der Waals surface area (Å²) < 4.78 is 43.3. The van der Waals surface area contributed by atoms with Crippen LogP contribution in [0.25, 0.3) is 0 Å². The SMILES string of the molecule is CN=C(NCCCNC(=O)OC(C)(C)C)NCc1cccc(C(F)(F)F)c1. The Labute approximate surface area is 157 Å². The number of nitrogens with one attached hydrogen (secondary N) is 3. The third-order valence-electron chi connectivity index (χ3n) is 3.25. The molecule has 0 unspecified atom stereocenters. The van der Waals surface area contributed by atoms with Crippen molar-refractivity contribution in [2.75, 3.05) is 20.1 Å². The van der Waals surface area contributed by atoms with E-state index in [1.54, 1.807) is 33.9 Å². The highest BCUT2D eigenvalue weighted by Crippen LogP contribution is 2.29. The molecule has 9 heteroatoms. The lowest BCUT2D eigenvalue weighted by Crippen LogP contribution is -2.39. The van der Waals surface area contributed by atoms with Gasteiger partial charge in [-0.2, -0.15) is 13.2 Å². The van der Waals surface area contributed by atoms with E-state index in [9.17, 15) is 18.0 Å². The van der Waals surface area contributed by atoms with Gasteiger partial charge < -0.3 is 20.7 Å². The van der Waals surface area contributed by atoms with E-state index in [4.69, 9.17) is 4.74 Å². The van der Waals surface area contributed by atoms with E-state index < -0.39 is 23.4 Å². The maximum Gasteiger partial charge on any atom is 0.416 e. The van der Waals surface area contributed by atoms with Crippen molar-refractivity contribution in [3.8, 4) is 0 Å². The number of amides is 1. The van der Waals surface area contributed by atoms with Gasteiger partial charge in [0.1, 0.15) is 5.60 Å². The molecular formula is C18H27F3N4O2. The Morgan fingerprint density at radius 3 is 2.37 bits per heavy atom. The maximum atomic E-state index is 12.7. The van der Waals surface area contributed by atoms with Gasteiger partial charge in [-0.3, -0.25) is 4.99 Å². The Bertz CT molecular complexity index is 640. The number of hydrogen-bond acceptors (Lipinski definition) is 3. The smallest absolute Gasteiger partial charge is 0.416 e. The molecule has 0 saturated heterocycles. The van der Waals surface area contributed by atoms with Crippen molar-refractivity contribution in [2.24, 2.45) is 4.99 Å². The van der Waals surface area contributed by atoms with E-state index in [1.807, 2.05) is 0 Å². The number of aliphatic imine (C=N–C) groups is 1. The topological polar surface area (TPSA) is 74.8 Å². The van der Waals surface area contributed by atoms with Gasteiger partial charge in [0.05, 0.1) is 5.56 Å². The third kappa shape index (κ3) is 9.72. The van der Waals surface area contributed by atoms with Gasteiger partial charge in [-0.15, -0.1) is 0 Å². The largest absolute Gasteiger partial charge is 0.444 e. The summed E-state index contributed by atoms with van der Waals surface area (Å²) in [7, 11) is 1.57. The van der Waals surface area contributed by atoms with E-state index >= 15 is 0 Å². The Hall–Kier alpha value is -2.45. The first kappa shape index (κ1) is 22.6. The molecule has 0 saturated carbocycles. The van der Waals surface area contributed by atoms with Crippen LogP contribution >= 0.6 is 0 Å². The zero-order chi connectivity index (χ0) is 20.5. The molecule has 1 aromatic carbocycles. The summed E-state index contributed by atoms with van der Waals surface area (Å²) >= 11 is 0. The Kier molecular flexibility index (Phi) is 8.39. The average Bonchev–Trinajstić information content (AvgIpc) is 2.55. The highest BCUT2D eigenvalue weighted by molar-refractivity contribution is 5.79. The maximum absolute atomic E-state index is 12.7. The third-order valence-corrected chi connectivity index (χ3v) is 3.25. The highest BCUT2D eigenvalue weighted by atomic mass is 19.4. The number of carbonyl (C=O) groups is 1. The fraction of sp³-hybridized carbons (Fsp3) is 0.556. The van der Waals surface area contributed by atoms with E-state index in [0.717, 1.165) is 12.1 Å². The van der Waals surface area contributed by atoms with Gasteiger partial charge in [0.2, 0.25) is 0 Å². The van der Waals surface area contributed by atoms with Gasteiger partial charge in [0.15, 0.2) is 5.96 Å². The number of nitrogens with zero attached hydrogens (tertiary/aromatic N) is 1. The van der Waals surface area contributed by atoms with Crippen molar-refractivity contribution in [1.29, 1.82) is 0 Å². The van der Waals surface area contributed by atoms with Crippen LogP contribution in [0.2, 0.25) is 0 Å². The zero-order valence-electron chi connectivity index (χ0n) is 16.0. The summed E-state index contributed by atoms with van der Waals surface area (Å²) in [5.74, 6) is 0.463. The summed E-state index contributed by atoms with van der Waals surface area (Å²) in [5.41, 5.74) is -0.727. The Balaban J connectivity index is 2.33. The summed E-state index contributed by atoms with van der Waals surface area (Å²) in [5, 5.41) is 8.63. The molecule has 1 rings (SSSR count). The number of alkyl halides is 3. The second-order valence-electron chi connectivity index (χ2n) is 6.83. The number of benzene rings is 1. The van der Waals surface area contributed by atoms with Crippen molar-refractivity contribution >= 4 is 12.1 Å². The van der Waals surface area contributed by atoms with Crippen LogP contribution in [0.1, 0.15) is 38.3 Å². The molecule has 6 nitrogen and oxygen atoms in total. The van der Waals surface area contributed by atoms with Gasteiger partial charge in [-0.05, 0) is 44.9 Å². The molecule has 1 amide bonds. The molecule has 0 aliphatic heterocycles. The second kappa shape index (κ2) is 10.0. The van der Waals surface area contributed by atoms with Crippen molar-refractivity contribution in [2.45, 2.75) is 45.5 Å². The normalized spacial score (nSPS) is 12.5.